The number of furan rings is 1. The van der Waals surface area contributed by atoms with Crippen LogP contribution in [0.3, 0.4) is 0 Å². The third-order valence-electron chi connectivity index (χ3n) is 3.78. The summed E-state index contributed by atoms with van der Waals surface area (Å²) in [6.45, 7) is 2.07. The maximum absolute atomic E-state index is 11.7. The van der Waals surface area contributed by atoms with Gasteiger partial charge in [-0.05, 0) is 37.3 Å². The molecule has 0 spiro atoms. The predicted octanol–water partition coefficient (Wildman–Crippen LogP) is 4.48. The fraction of sp³-hybridized carbons (Fsp3) is 0.100. The van der Waals surface area contributed by atoms with Crippen LogP contribution in [-0.2, 0) is 4.74 Å². The van der Waals surface area contributed by atoms with Crippen molar-refractivity contribution in [1.82, 2.24) is 0 Å². The van der Waals surface area contributed by atoms with Crippen LogP contribution >= 0.6 is 0 Å². The standard InChI is InChI=1S/C20H17N3O5/c1-2-27-20(24)15-9-7-14(8-10-15)19-12-11-16(28-19)13-21-22-17-5-3-4-6-18(17)23(25)26/h3-13,22H,2H2,1H3/b21-13+. The van der Waals surface area contributed by atoms with Crippen LogP contribution < -0.4 is 5.43 Å². The lowest BCUT2D eigenvalue weighted by atomic mass is 10.1. The summed E-state index contributed by atoms with van der Waals surface area (Å²) in [5.41, 5.74) is 4.11. The fourth-order valence-corrected chi connectivity index (χ4v) is 2.46. The highest BCUT2D eigenvalue weighted by atomic mass is 16.6. The minimum atomic E-state index is -0.483. The Morgan fingerprint density at radius 3 is 2.64 bits per heavy atom. The number of hydrogen-bond donors (Lipinski definition) is 1. The Labute approximate surface area is 160 Å². The number of benzene rings is 2. The van der Waals surface area contributed by atoms with E-state index in [4.69, 9.17) is 9.15 Å². The summed E-state index contributed by atoms with van der Waals surface area (Å²) in [6, 6.07) is 16.6. The molecule has 3 rings (SSSR count). The maximum atomic E-state index is 11.7. The Morgan fingerprint density at radius 1 is 1.18 bits per heavy atom. The van der Waals surface area contributed by atoms with Crippen molar-refractivity contribution in [3.63, 3.8) is 0 Å². The van der Waals surface area contributed by atoms with Gasteiger partial charge in [0.05, 0.1) is 23.3 Å². The fourth-order valence-electron chi connectivity index (χ4n) is 2.46. The van der Waals surface area contributed by atoms with Crippen molar-refractivity contribution in [2.24, 2.45) is 5.10 Å². The van der Waals surface area contributed by atoms with Gasteiger partial charge in [-0.2, -0.15) is 5.10 Å². The van der Waals surface area contributed by atoms with Gasteiger partial charge in [0.15, 0.2) is 0 Å². The lowest BCUT2D eigenvalue weighted by Crippen LogP contribution is -2.03. The van der Waals surface area contributed by atoms with Crippen molar-refractivity contribution in [3.05, 3.63) is 82.1 Å². The second kappa shape index (κ2) is 8.63. The zero-order valence-corrected chi connectivity index (χ0v) is 15.0. The van der Waals surface area contributed by atoms with Crippen molar-refractivity contribution in [2.75, 3.05) is 12.0 Å². The van der Waals surface area contributed by atoms with E-state index in [0.29, 0.717) is 23.7 Å². The number of carbonyl (C=O) groups excluding carboxylic acids is 1. The normalized spacial score (nSPS) is 10.8. The highest BCUT2D eigenvalue weighted by Crippen LogP contribution is 2.24. The molecule has 0 saturated heterocycles. The number of rotatable bonds is 7. The van der Waals surface area contributed by atoms with Gasteiger partial charge in [0.2, 0.25) is 0 Å². The van der Waals surface area contributed by atoms with Gasteiger partial charge in [0, 0.05) is 11.6 Å². The van der Waals surface area contributed by atoms with Gasteiger partial charge in [-0.3, -0.25) is 15.5 Å². The number of para-hydroxylation sites is 2. The van der Waals surface area contributed by atoms with E-state index in [9.17, 15) is 14.9 Å². The minimum absolute atomic E-state index is 0.0681. The molecular weight excluding hydrogens is 362 g/mol. The van der Waals surface area contributed by atoms with Crippen molar-refractivity contribution in [3.8, 4) is 11.3 Å². The van der Waals surface area contributed by atoms with Crippen LogP contribution in [0, 0.1) is 10.1 Å². The molecule has 0 amide bonds. The van der Waals surface area contributed by atoms with Gasteiger partial charge >= 0.3 is 5.97 Å². The topological polar surface area (TPSA) is 107 Å². The highest BCUT2D eigenvalue weighted by molar-refractivity contribution is 5.90. The smallest absolute Gasteiger partial charge is 0.338 e. The molecule has 0 fully saturated rings. The van der Waals surface area contributed by atoms with Crippen molar-refractivity contribution in [1.29, 1.82) is 0 Å². The monoisotopic (exact) mass is 379 g/mol. The summed E-state index contributed by atoms with van der Waals surface area (Å²) in [5, 5.41) is 15.0. The SMILES string of the molecule is CCOC(=O)c1ccc(-c2ccc(/C=N/Nc3ccccc3[N+](=O)[O-])o2)cc1. The quantitative estimate of drug-likeness (QED) is 0.281. The van der Waals surface area contributed by atoms with Crippen LogP contribution in [0.5, 0.6) is 0 Å². The number of hydrazone groups is 1. The van der Waals surface area contributed by atoms with E-state index in [2.05, 4.69) is 10.5 Å². The first-order valence-corrected chi connectivity index (χ1v) is 8.48. The van der Waals surface area contributed by atoms with E-state index in [0.717, 1.165) is 5.56 Å². The van der Waals surface area contributed by atoms with Crippen LogP contribution in [0.15, 0.2) is 70.2 Å². The maximum Gasteiger partial charge on any atom is 0.338 e. The molecule has 1 N–H and O–H groups in total. The molecule has 1 aromatic heterocycles. The van der Waals surface area contributed by atoms with E-state index in [1.807, 2.05) is 0 Å². The van der Waals surface area contributed by atoms with E-state index in [1.54, 1.807) is 61.5 Å². The number of hydrogen-bond acceptors (Lipinski definition) is 7. The number of nitro groups is 1. The van der Waals surface area contributed by atoms with Gasteiger partial charge in [-0.15, -0.1) is 0 Å². The van der Waals surface area contributed by atoms with Gasteiger partial charge in [-0.1, -0.05) is 24.3 Å². The molecule has 0 aliphatic rings. The van der Waals surface area contributed by atoms with Crippen LogP contribution in [0.25, 0.3) is 11.3 Å². The van der Waals surface area contributed by atoms with Crippen LogP contribution in [0.2, 0.25) is 0 Å². The Bertz CT molecular complexity index is 1010. The number of esters is 1. The van der Waals surface area contributed by atoms with E-state index >= 15 is 0 Å². The molecule has 1 heterocycles. The molecule has 0 aliphatic heterocycles. The summed E-state index contributed by atoms with van der Waals surface area (Å²) < 4.78 is 10.6. The minimum Gasteiger partial charge on any atom is -0.462 e. The predicted molar refractivity (Wildman–Crippen MR) is 104 cm³/mol. The average molecular weight is 379 g/mol. The van der Waals surface area contributed by atoms with E-state index in [1.165, 1.54) is 12.3 Å². The van der Waals surface area contributed by atoms with Gasteiger partial charge in [0.25, 0.3) is 5.69 Å². The number of nitrogens with zero attached hydrogens (tertiary/aromatic N) is 2. The third kappa shape index (κ3) is 4.42. The molecule has 0 unspecified atom stereocenters. The molecule has 2 aromatic carbocycles. The molecule has 8 nitrogen and oxygen atoms in total. The largest absolute Gasteiger partial charge is 0.462 e. The Morgan fingerprint density at radius 2 is 1.93 bits per heavy atom. The van der Waals surface area contributed by atoms with Gasteiger partial charge in [0.1, 0.15) is 17.2 Å². The third-order valence-corrected chi connectivity index (χ3v) is 3.78. The Balaban J connectivity index is 1.68. The lowest BCUT2D eigenvalue weighted by molar-refractivity contribution is -0.384. The molecule has 0 radical (unpaired) electrons. The van der Waals surface area contributed by atoms with Crippen LogP contribution in [0.1, 0.15) is 23.0 Å². The van der Waals surface area contributed by atoms with Crippen molar-refractivity contribution >= 4 is 23.6 Å². The number of nitro benzene ring substituents is 1. The van der Waals surface area contributed by atoms with E-state index < -0.39 is 4.92 Å². The summed E-state index contributed by atoms with van der Waals surface area (Å²) in [7, 11) is 0. The summed E-state index contributed by atoms with van der Waals surface area (Å²) >= 11 is 0. The Hall–Kier alpha value is -3.94. The first-order valence-electron chi connectivity index (χ1n) is 8.48. The number of anilines is 1. The lowest BCUT2D eigenvalue weighted by Gasteiger charge is -2.02. The molecule has 142 valence electrons. The number of carbonyl (C=O) groups is 1. The molecular formula is C20H17N3O5. The first-order chi connectivity index (χ1) is 13.6. The molecule has 8 heteroatoms. The van der Waals surface area contributed by atoms with Crippen molar-refractivity contribution in [2.45, 2.75) is 6.92 Å². The van der Waals surface area contributed by atoms with Crippen molar-refractivity contribution < 1.29 is 18.9 Å². The summed E-state index contributed by atoms with van der Waals surface area (Å²) in [6.07, 6.45) is 1.42. The molecule has 28 heavy (non-hydrogen) atoms. The highest BCUT2D eigenvalue weighted by Gasteiger charge is 2.11. The Kier molecular flexibility index (Phi) is 5.81. The first kappa shape index (κ1) is 18.8. The molecule has 0 aliphatic carbocycles. The second-order valence-electron chi connectivity index (χ2n) is 5.64. The van der Waals surface area contributed by atoms with Gasteiger partial charge in [-0.25, -0.2) is 4.79 Å². The molecule has 3 aromatic rings. The zero-order valence-electron chi connectivity index (χ0n) is 15.0. The summed E-state index contributed by atoms with van der Waals surface area (Å²) in [5.74, 6) is 0.695. The molecule has 0 atom stereocenters. The molecule has 0 bridgehead atoms. The van der Waals surface area contributed by atoms with Crippen LogP contribution in [0.4, 0.5) is 11.4 Å². The average Bonchev–Trinajstić information content (AvgIpc) is 3.17. The van der Waals surface area contributed by atoms with Gasteiger partial charge < -0.3 is 9.15 Å². The second-order valence-corrected chi connectivity index (χ2v) is 5.64. The number of ether oxygens (including phenoxy) is 1. The van der Waals surface area contributed by atoms with E-state index in [-0.39, 0.29) is 17.3 Å². The van der Waals surface area contributed by atoms with Crippen LogP contribution in [-0.4, -0.2) is 23.7 Å². The number of nitrogens with one attached hydrogen (secondary N) is 1. The summed E-state index contributed by atoms with van der Waals surface area (Å²) in [4.78, 5) is 22.2. The molecule has 0 saturated carbocycles. The zero-order chi connectivity index (χ0) is 19.9.